The summed E-state index contributed by atoms with van der Waals surface area (Å²) in [5.41, 5.74) is 0. The van der Waals surface area contributed by atoms with E-state index in [1.807, 2.05) is 0 Å². The van der Waals surface area contributed by atoms with Crippen molar-refractivity contribution in [2.45, 2.75) is 128 Å². The van der Waals surface area contributed by atoms with Gasteiger partial charge in [0, 0.05) is 0 Å². The molecule has 0 aromatic heterocycles. The monoisotopic (exact) mass is 534 g/mol. The molecular weight excluding hydrogens is 470 g/mol. The van der Waals surface area contributed by atoms with Gasteiger partial charge in [-0.05, 0) is 25.3 Å². The minimum atomic E-state index is -0.591. The Labute approximate surface area is 227 Å². The molecule has 0 bridgehead atoms. The molecule has 0 radical (unpaired) electrons. The lowest BCUT2D eigenvalue weighted by Crippen LogP contribution is -2.41. The van der Waals surface area contributed by atoms with Crippen molar-refractivity contribution in [3.63, 3.8) is 0 Å². The van der Waals surface area contributed by atoms with Crippen LogP contribution in [0.2, 0.25) is 6.04 Å². The molecule has 0 aliphatic heterocycles. The van der Waals surface area contributed by atoms with Crippen LogP contribution in [0.4, 0.5) is 0 Å². The van der Waals surface area contributed by atoms with Crippen molar-refractivity contribution in [3.05, 3.63) is 0 Å². The van der Waals surface area contributed by atoms with E-state index in [1.165, 1.54) is 122 Å². The molecule has 0 aromatic carbocycles. The minimum absolute atomic E-state index is 0.0389. The van der Waals surface area contributed by atoms with Gasteiger partial charge in [-0.15, -0.1) is 0 Å². The molecule has 36 heavy (non-hydrogen) atoms. The molecule has 0 rings (SSSR count). The maximum Gasteiger partial charge on any atom is 0.179 e. The number of aliphatic hydroxyl groups excluding tert-OH is 2. The van der Waals surface area contributed by atoms with Crippen LogP contribution in [0.25, 0.3) is 0 Å². The van der Waals surface area contributed by atoms with Gasteiger partial charge >= 0.3 is 0 Å². The van der Waals surface area contributed by atoms with E-state index in [0.29, 0.717) is 6.61 Å². The molecule has 2 N–H and O–H groups in total. The van der Waals surface area contributed by atoms with E-state index in [9.17, 15) is 0 Å². The Bertz CT molecular complexity index is 420. The first-order valence-electron chi connectivity index (χ1n) is 15.4. The normalized spacial score (nSPS) is 12.5. The van der Waals surface area contributed by atoms with Gasteiger partial charge < -0.3 is 28.6 Å². The summed E-state index contributed by atoms with van der Waals surface area (Å²) in [5.74, 6) is 0. The zero-order valence-corrected chi connectivity index (χ0v) is 25.9. The van der Waals surface area contributed by atoms with E-state index < -0.39 is 16.1 Å². The molecule has 0 heterocycles. The first-order valence-corrected chi connectivity index (χ1v) is 17.0. The van der Waals surface area contributed by atoms with Gasteiger partial charge in [0.2, 0.25) is 0 Å². The molecular formula is C29H64NO5Si+. The van der Waals surface area contributed by atoms with Gasteiger partial charge in [-0.1, -0.05) is 96.8 Å². The van der Waals surface area contributed by atoms with Crippen LogP contribution in [-0.4, -0.2) is 91.0 Å². The summed E-state index contributed by atoms with van der Waals surface area (Å²) >= 11 is 0. The van der Waals surface area contributed by atoms with Crippen LogP contribution < -0.4 is 0 Å². The smallest absolute Gasteiger partial charge is 0.179 e. The highest BCUT2D eigenvalue weighted by molar-refractivity contribution is 6.26. The van der Waals surface area contributed by atoms with Gasteiger partial charge in [0.15, 0.2) is 16.1 Å². The Morgan fingerprint density at radius 3 is 1.47 bits per heavy atom. The fraction of sp³-hybridized carbons (Fsp3) is 1.00. The Hall–Kier alpha value is -0.0231. The number of rotatable bonds is 30. The Balaban J connectivity index is 3.47. The molecule has 0 unspecified atom stereocenters. The maximum absolute atomic E-state index is 8.88. The molecule has 0 atom stereocenters. The van der Waals surface area contributed by atoms with Crippen LogP contribution in [0.5, 0.6) is 0 Å². The van der Waals surface area contributed by atoms with Crippen LogP contribution in [0.1, 0.15) is 116 Å². The second-order valence-electron chi connectivity index (χ2n) is 11.1. The van der Waals surface area contributed by atoms with Crippen LogP contribution in [0.15, 0.2) is 0 Å². The van der Waals surface area contributed by atoms with Gasteiger partial charge in [-0.3, -0.25) is 0 Å². The van der Waals surface area contributed by atoms with Crippen molar-refractivity contribution < 1.29 is 28.6 Å². The first-order chi connectivity index (χ1) is 17.6. The lowest BCUT2D eigenvalue weighted by atomic mass is 10.0. The fourth-order valence-corrected chi connectivity index (χ4v) is 5.63. The lowest BCUT2D eigenvalue weighted by molar-refractivity contribution is -0.890. The molecule has 6 nitrogen and oxygen atoms in total. The van der Waals surface area contributed by atoms with E-state index in [-0.39, 0.29) is 26.4 Å². The standard InChI is InChI=1S/C29H64NO5Si/c1-4-5-6-7-8-9-10-11-12-13-14-15-16-17-18-19-21-30(2,3)22-20-27-36-35-28-29(33-25-23-31)34-26-24-32/h29,31-32H,4-28,36H2,1-3H3/q+1. The molecule has 218 valence electrons. The predicted octanol–water partition coefficient (Wildman–Crippen LogP) is 5.58. The second-order valence-corrected chi connectivity index (χ2v) is 12.6. The van der Waals surface area contributed by atoms with Crippen LogP contribution in [0, 0.1) is 0 Å². The number of quaternary nitrogens is 1. The molecule has 0 aromatic rings. The van der Waals surface area contributed by atoms with Crippen LogP contribution >= 0.6 is 0 Å². The van der Waals surface area contributed by atoms with Crippen molar-refractivity contribution in [2.24, 2.45) is 0 Å². The largest absolute Gasteiger partial charge is 0.419 e. The Morgan fingerprint density at radius 1 is 0.611 bits per heavy atom. The van der Waals surface area contributed by atoms with Crippen molar-refractivity contribution in [1.29, 1.82) is 0 Å². The van der Waals surface area contributed by atoms with Crippen LogP contribution in [-0.2, 0) is 13.9 Å². The summed E-state index contributed by atoms with van der Waals surface area (Å²) in [6.45, 7) is 5.54. The number of hydrogen-bond acceptors (Lipinski definition) is 5. The minimum Gasteiger partial charge on any atom is -0.419 e. The van der Waals surface area contributed by atoms with E-state index in [0.717, 1.165) is 10.5 Å². The van der Waals surface area contributed by atoms with Crippen molar-refractivity contribution >= 4 is 9.76 Å². The number of ether oxygens (including phenoxy) is 2. The summed E-state index contributed by atoms with van der Waals surface area (Å²) in [5, 5.41) is 17.8. The summed E-state index contributed by atoms with van der Waals surface area (Å²) in [6, 6.07) is 1.16. The number of hydrogen-bond donors (Lipinski definition) is 2. The van der Waals surface area contributed by atoms with E-state index in [2.05, 4.69) is 21.0 Å². The molecule has 0 saturated carbocycles. The molecule has 0 spiro atoms. The first kappa shape index (κ1) is 36.0. The number of unbranched alkanes of at least 4 members (excludes halogenated alkanes) is 15. The summed E-state index contributed by atoms with van der Waals surface area (Å²) in [4.78, 5) is 0. The number of nitrogens with zero attached hydrogens (tertiary/aromatic N) is 1. The Kier molecular flexibility index (Phi) is 28.0. The molecule has 0 fully saturated rings. The van der Waals surface area contributed by atoms with Crippen LogP contribution in [0.3, 0.4) is 0 Å². The van der Waals surface area contributed by atoms with E-state index in [1.54, 1.807) is 0 Å². The summed E-state index contributed by atoms with van der Waals surface area (Å²) in [7, 11) is 4.12. The third kappa shape index (κ3) is 27.0. The zero-order valence-electron chi connectivity index (χ0n) is 24.5. The van der Waals surface area contributed by atoms with Gasteiger partial charge in [-0.2, -0.15) is 0 Å². The highest BCUT2D eigenvalue weighted by Crippen LogP contribution is 2.14. The molecule has 0 amide bonds. The molecule has 0 aliphatic rings. The summed E-state index contributed by atoms with van der Waals surface area (Å²) in [6.07, 6.45) is 23.5. The highest BCUT2D eigenvalue weighted by atomic mass is 28.2. The third-order valence-corrected chi connectivity index (χ3v) is 8.28. The van der Waals surface area contributed by atoms with E-state index >= 15 is 0 Å². The number of aliphatic hydroxyl groups is 2. The lowest BCUT2D eigenvalue weighted by Gasteiger charge is -2.30. The van der Waals surface area contributed by atoms with Gasteiger partial charge in [0.25, 0.3) is 0 Å². The summed E-state index contributed by atoms with van der Waals surface area (Å²) < 4.78 is 17.7. The van der Waals surface area contributed by atoms with Gasteiger partial charge in [-0.25, -0.2) is 0 Å². The van der Waals surface area contributed by atoms with Crippen molar-refractivity contribution in [2.75, 3.05) is 60.2 Å². The topological polar surface area (TPSA) is 68.2 Å². The van der Waals surface area contributed by atoms with Crippen molar-refractivity contribution in [1.82, 2.24) is 0 Å². The molecule has 0 aliphatic carbocycles. The molecule has 7 heteroatoms. The van der Waals surface area contributed by atoms with Gasteiger partial charge in [0.05, 0.1) is 60.2 Å². The SMILES string of the molecule is CCCCCCCCCCCCCCCCCC[N+](C)(C)CCC[SiH2]OCC(OCCO)OCCO. The fourth-order valence-electron chi connectivity index (χ4n) is 4.64. The second kappa shape index (κ2) is 28.0. The van der Waals surface area contributed by atoms with E-state index in [4.69, 9.17) is 24.1 Å². The quantitative estimate of drug-likeness (QED) is 0.0545. The maximum atomic E-state index is 8.88. The zero-order chi connectivity index (χ0) is 26.6. The average Bonchev–Trinajstić information content (AvgIpc) is 2.86. The Morgan fingerprint density at radius 2 is 1.03 bits per heavy atom. The highest BCUT2D eigenvalue weighted by Gasteiger charge is 2.14. The average molecular weight is 535 g/mol. The van der Waals surface area contributed by atoms with Crippen molar-refractivity contribution in [3.8, 4) is 0 Å². The molecule has 0 saturated heterocycles. The predicted molar refractivity (Wildman–Crippen MR) is 155 cm³/mol. The van der Waals surface area contributed by atoms with Gasteiger partial charge in [0.1, 0.15) is 0 Å². The third-order valence-electron chi connectivity index (χ3n) is 6.96.